The summed E-state index contributed by atoms with van der Waals surface area (Å²) >= 11 is 3.78. The molecule has 4 nitrogen and oxygen atoms in total. The Morgan fingerprint density at radius 1 is 0.700 bits per heavy atom. The maximum atomic E-state index is 4.41. The highest BCUT2D eigenvalue weighted by atomic mass is 32.2. The first-order chi connectivity index (χ1) is 19.8. The third-order valence-corrected chi connectivity index (χ3v) is 10.9. The number of rotatable bonds is 2. The molecule has 0 unspecified atom stereocenters. The minimum atomic E-state index is 0.198. The Labute approximate surface area is 241 Å². The van der Waals surface area contributed by atoms with E-state index in [1.165, 1.54) is 77.5 Å². The van der Waals surface area contributed by atoms with E-state index < -0.39 is 0 Å². The molecular weight excluding hydrogens is 527 g/mol. The lowest BCUT2D eigenvalue weighted by molar-refractivity contribution is 0.667. The lowest BCUT2D eigenvalue weighted by Crippen LogP contribution is -2.58. The zero-order valence-electron chi connectivity index (χ0n) is 21.7. The molecule has 190 valence electrons. The fraction of sp³-hybridized carbons (Fsp3) is 0.121. The number of fused-ring (bicyclic) bond motifs is 7. The van der Waals surface area contributed by atoms with E-state index in [9.17, 15) is 0 Å². The van der Waals surface area contributed by atoms with Crippen LogP contribution in [-0.4, -0.2) is 26.2 Å². The summed E-state index contributed by atoms with van der Waals surface area (Å²) in [5, 5.41) is 1.42. The summed E-state index contributed by atoms with van der Waals surface area (Å²) < 4.78 is 2.55. The zero-order chi connectivity index (χ0) is 26.2. The molecule has 0 saturated carbocycles. The fourth-order valence-corrected chi connectivity index (χ4v) is 9.30. The first-order valence-electron chi connectivity index (χ1n) is 13.8. The molecule has 1 aliphatic carbocycles. The summed E-state index contributed by atoms with van der Waals surface area (Å²) in [6.45, 7) is 0.198. The van der Waals surface area contributed by atoms with E-state index in [-0.39, 0.29) is 6.71 Å². The van der Waals surface area contributed by atoms with E-state index in [1.54, 1.807) is 18.2 Å². The van der Waals surface area contributed by atoms with Crippen LogP contribution >= 0.6 is 23.5 Å². The minimum Gasteiger partial charge on any atom is -0.313 e. The Hall–Kier alpha value is -3.81. The van der Waals surface area contributed by atoms with E-state index >= 15 is 0 Å². The van der Waals surface area contributed by atoms with Crippen molar-refractivity contribution in [3.05, 3.63) is 103 Å². The molecule has 6 aromatic rings. The van der Waals surface area contributed by atoms with Gasteiger partial charge in [-0.15, -0.1) is 0 Å². The average Bonchev–Trinajstić information content (AvgIpc) is 3.35. The minimum absolute atomic E-state index is 0.198. The number of hydrogen-bond acceptors (Lipinski definition) is 5. The van der Waals surface area contributed by atoms with Gasteiger partial charge in [0, 0.05) is 41.9 Å². The van der Waals surface area contributed by atoms with Crippen LogP contribution in [0.3, 0.4) is 0 Å². The van der Waals surface area contributed by atoms with E-state index in [4.69, 9.17) is 0 Å². The van der Waals surface area contributed by atoms with Crippen molar-refractivity contribution in [3.8, 4) is 17.1 Å². The molecule has 9 rings (SSSR count). The summed E-state index contributed by atoms with van der Waals surface area (Å²) in [6.07, 6.45) is 8.00. The molecule has 4 aromatic carbocycles. The number of nitrogens with zero attached hydrogens (tertiary/aromatic N) is 4. The molecule has 0 radical (unpaired) electrons. The number of benzene rings is 4. The van der Waals surface area contributed by atoms with E-state index in [1.807, 2.05) is 23.5 Å². The second kappa shape index (κ2) is 8.85. The van der Waals surface area contributed by atoms with Crippen LogP contribution in [0.2, 0.25) is 0 Å². The summed E-state index contributed by atoms with van der Waals surface area (Å²) in [5.74, 6) is 0.712. The van der Waals surface area contributed by atoms with Gasteiger partial charge in [0.15, 0.2) is 5.82 Å². The Balaban J connectivity index is 1.25. The largest absolute Gasteiger partial charge is 0.313 e. The standard InChI is InChI=1S/C33H23BN4S2/c1-3-8-26-22(6-1)23-7-2-4-9-27(23)38(26)21-13-15-28-25(17-21)34-24-14-12-20(33-36-18-35-19-37-33)16-31(24)40-30-11-5-10-29(39-28)32(30)34/h1,3,5-6,8,10-19H,2,4,7,9H2. The van der Waals surface area contributed by atoms with Crippen molar-refractivity contribution < 1.29 is 0 Å². The van der Waals surface area contributed by atoms with E-state index in [2.05, 4.69) is 98.4 Å². The molecule has 0 saturated heterocycles. The van der Waals surface area contributed by atoms with Crippen LogP contribution in [0, 0.1) is 0 Å². The lowest BCUT2D eigenvalue weighted by Gasteiger charge is -2.33. The van der Waals surface area contributed by atoms with E-state index in [0.717, 1.165) is 12.0 Å². The normalized spacial score (nSPS) is 14.8. The van der Waals surface area contributed by atoms with Gasteiger partial charge in [0.25, 0.3) is 0 Å². The second-order valence-corrected chi connectivity index (χ2v) is 12.9. The first kappa shape index (κ1) is 23.0. The van der Waals surface area contributed by atoms with Crippen molar-refractivity contribution in [2.24, 2.45) is 0 Å². The Kier molecular flexibility index (Phi) is 5.08. The highest BCUT2D eigenvalue weighted by Crippen LogP contribution is 2.40. The Morgan fingerprint density at radius 2 is 1.52 bits per heavy atom. The Bertz CT molecular complexity index is 1980. The molecule has 0 amide bonds. The average molecular weight is 551 g/mol. The SMILES string of the molecule is c1cc2c3c(c1)Sc1ccc(-n4c5c(c6ccccc64)CCCC5)cc1B3c1ccc(-c3ncncn3)cc1S2. The van der Waals surface area contributed by atoms with Crippen LogP contribution in [0.4, 0.5) is 0 Å². The van der Waals surface area contributed by atoms with Gasteiger partial charge >= 0.3 is 0 Å². The quantitative estimate of drug-likeness (QED) is 0.255. The van der Waals surface area contributed by atoms with Crippen molar-refractivity contribution in [2.45, 2.75) is 45.3 Å². The summed E-state index contributed by atoms with van der Waals surface area (Å²) in [7, 11) is 0. The summed E-state index contributed by atoms with van der Waals surface area (Å²) in [5.41, 5.74) is 10.9. The fourth-order valence-electron chi connectivity index (χ4n) is 6.87. The molecule has 3 aliphatic rings. The van der Waals surface area contributed by atoms with Crippen LogP contribution in [0.15, 0.2) is 111 Å². The van der Waals surface area contributed by atoms with E-state index in [0.29, 0.717) is 5.82 Å². The van der Waals surface area contributed by atoms with Crippen LogP contribution in [0.1, 0.15) is 24.1 Å². The Morgan fingerprint density at radius 3 is 2.42 bits per heavy atom. The molecule has 4 heterocycles. The highest BCUT2D eigenvalue weighted by Gasteiger charge is 2.38. The summed E-state index contributed by atoms with van der Waals surface area (Å²) in [6, 6.07) is 29.6. The highest BCUT2D eigenvalue weighted by molar-refractivity contribution is 8.01. The van der Waals surface area contributed by atoms with Crippen molar-refractivity contribution in [1.82, 2.24) is 19.5 Å². The molecule has 7 heteroatoms. The number of aryl methyl sites for hydroxylation is 1. The third kappa shape index (κ3) is 3.34. The molecular formula is C33H23BN4S2. The van der Waals surface area contributed by atoms with Crippen LogP contribution < -0.4 is 16.4 Å². The molecule has 0 N–H and O–H groups in total. The maximum Gasteiger partial charge on any atom is 0.247 e. The molecule has 40 heavy (non-hydrogen) atoms. The number of aromatic nitrogens is 4. The van der Waals surface area contributed by atoms with Crippen LogP contribution in [0.5, 0.6) is 0 Å². The lowest BCUT2D eigenvalue weighted by atomic mass is 9.36. The van der Waals surface area contributed by atoms with Crippen molar-refractivity contribution in [3.63, 3.8) is 0 Å². The van der Waals surface area contributed by atoms with Gasteiger partial charge in [-0.1, -0.05) is 70.8 Å². The third-order valence-electron chi connectivity index (χ3n) is 8.57. The first-order valence-corrected chi connectivity index (χ1v) is 15.5. The predicted molar refractivity (Wildman–Crippen MR) is 165 cm³/mol. The molecule has 0 fully saturated rings. The molecule has 2 aromatic heterocycles. The van der Waals surface area contributed by atoms with Gasteiger partial charge in [-0.2, -0.15) is 0 Å². The molecule has 0 atom stereocenters. The second-order valence-electron chi connectivity index (χ2n) is 10.7. The number of hydrogen-bond donors (Lipinski definition) is 0. The van der Waals surface area contributed by atoms with Gasteiger partial charge < -0.3 is 4.57 Å². The van der Waals surface area contributed by atoms with Gasteiger partial charge in [0.2, 0.25) is 6.71 Å². The molecule has 2 aliphatic heterocycles. The van der Waals surface area contributed by atoms with Crippen LogP contribution in [0.25, 0.3) is 28.0 Å². The monoisotopic (exact) mass is 550 g/mol. The van der Waals surface area contributed by atoms with Crippen molar-refractivity contribution in [2.75, 3.05) is 0 Å². The molecule has 0 spiro atoms. The topological polar surface area (TPSA) is 43.6 Å². The smallest absolute Gasteiger partial charge is 0.247 e. The predicted octanol–water partition coefficient (Wildman–Crippen LogP) is 5.81. The van der Waals surface area contributed by atoms with Gasteiger partial charge in [0.1, 0.15) is 12.7 Å². The van der Waals surface area contributed by atoms with Gasteiger partial charge in [-0.25, -0.2) is 15.0 Å². The van der Waals surface area contributed by atoms with Gasteiger partial charge in [-0.05, 0) is 79.2 Å². The van der Waals surface area contributed by atoms with Gasteiger partial charge in [0.05, 0.1) is 5.52 Å². The van der Waals surface area contributed by atoms with Crippen LogP contribution in [-0.2, 0) is 12.8 Å². The zero-order valence-corrected chi connectivity index (χ0v) is 23.3. The van der Waals surface area contributed by atoms with Crippen molar-refractivity contribution >= 4 is 57.5 Å². The maximum absolute atomic E-state index is 4.41. The van der Waals surface area contributed by atoms with Crippen molar-refractivity contribution in [1.29, 1.82) is 0 Å². The van der Waals surface area contributed by atoms with Gasteiger partial charge in [-0.3, -0.25) is 0 Å². The number of para-hydroxylation sites is 1. The summed E-state index contributed by atoms with van der Waals surface area (Å²) in [4.78, 5) is 18.1. The molecule has 0 bridgehead atoms.